The van der Waals surface area contributed by atoms with E-state index in [9.17, 15) is 4.79 Å². The van der Waals surface area contributed by atoms with Gasteiger partial charge < -0.3 is 10.5 Å². The molecular weight excluding hydrogens is 238 g/mol. The van der Waals surface area contributed by atoms with Crippen LogP contribution >= 0.6 is 22.9 Å². The molecule has 2 rings (SSSR count). The SMILES string of the molecule is COC(=O)c1cc2c(Cl)nc(N)nc2s1. The van der Waals surface area contributed by atoms with Gasteiger partial charge in [-0.3, -0.25) is 0 Å². The molecule has 0 atom stereocenters. The molecule has 0 spiro atoms. The van der Waals surface area contributed by atoms with E-state index < -0.39 is 5.97 Å². The maximum Gasteiger partial charge on any atom is 0.348 e. The molecule has 7 heteroatoms. The smallest absolute Gasteiger partial charge is 0.348 e. The fourth-order valence-electron chi connectivity index (χ4n) is 1.10. The van der Waals surface area contributed by atoms with Gasteiger partial charge in [-0.1, -0.05) is 11.6 Å². The number of rotatable bonds is 1. The molecule has 2 N–H and O–H groups in total. The van der Waals surface area contributed by atoms with Crippen LogP contribution < -0.4 is 5.73 Å². The van der Waals surface area contributed by atoms with Gasteiger partial charge in [0.25, 0.3) is 0 Å². The number of carbonyl (C=O) groups is 1. The maximum absolute atomic E-state index is 11.2. The van der Waals surface area contributed by atoms with Crippen LogP contribution in [0.15, 0.2) is 6.07 Å². The Hall–Kier alpha value is -1.40. The van der Waals surface area contributed by atoms with Crippen LogP contribution in [0.4, 0.5) is 5.95 Å². The van der Waals surface area contributed by atoms with Crippen molar-refractivity contribution in [3.63, 3.8) is 0 Å². The predicted molar refractivity (Wildman–Crippen MR) is 58.2 cm³/mol. The number of thiophene rings is 1. The minimum absolute atomic E-state index is 0.0887. The van der Waals surface area contributed by atoms with Crippen molar-refractivity contribution < 1.29 is 9.53 Å². The molecule has 0 saturated heterocycles. The second-order valence-electron chi connectivity index (χ2n) is 2.69. The van der Waals surface area contributed by atoms with Crippen LogP contribution in [-0.2, 0) is 4.74 Å². The van der Waals surface area contributed by atoms with Gasteiger partial charge in [0, 0.05) is 5.39 Å². The number of aromatic nitrogens is 2. The molecule has 78 valence electrons. The normalized spacial score (nSPS) is 10.5. The van der Waals surface area contributed by atoms with Gasteiger partial charge in [0.05, 0.1) is 7.11 Å². The first-order valence-electron chi connectivity index (χ1n) is 3.92. The molecule has 0 saturated carbocycles. The number of ether oxygens (including phenoxy) is 1. The van der Waals surface area contributed by atoms with E-state index in [0.29, 0.717) is 15.1 Å². The third-order valence-electron chi connectivity index (χ3n) is 1.75. The van der Waals surface area contributed by atoms with Gasteiger partial charge in [-0.25, -0.2) is 14.8 Å². The van der Waals surface area contributed by atoms with Crippen molar-refractivity contribution >= 4 is 45.1 Å². The summed E-state index contributed by atoms with van der Waals surface area (Å²) in [5.74, 6) is -0.335. The largest absolute Gasteiger partial charge is 0.465 e. The van der Waals surface area contributed by atoms with E-state index in [1.165, 1.54) is 18.4 Å². The summed E-state index contributed by atoms with van der Waals surface area (Å²) in [5.41, 5.74) is 5.43. The summed E-state index contributed by atoms with van der Waals surface area (Å²) < 4.78 is 4.58. The van der Waals surface area contributed by atoms with E-state index >= 15 is 0 Å². The Bertz CT molecular complexity index is 540. The maximum atomic E-state index is 11.2. The number of nitrogen functional groups attached to an aromatic ring is 1. The molecule has 0 fully saturated rings. The van der Waals surface area contributed by atoms with Crippen LogP contribution in [0.25, 0.3) is 10.2 Å². The highest BCUT2D eigenvalue weighted by Crippen LogP contribution is 2.29. The average molecular weight is 244 g/mol. The topological polar surface area (TPSA) is 78.1 Å². The zero-order valence-electron chi connectivity index (χ0n) is 7.65. The standard InChI is InChI=1S/C8H6ClN3O2S/c1-14-7(13)4-2-3-5(9)11-8(10)12-6(3)15-4/h2H,1H3,(H2,10,11,12). The van der Waals surface area contributed by atoms with Gasteiger partial charge in [-0.15, -0.1) is 11.3 Å². The number of halogens is 1. The highest BCUT2D eigenvalue weighted by molar-refractivity contribution is 7.20. The Balaban J connectivity index is 2.65. The number of methoxy groups -OCH3 is 1. The number of hydrogen-bond donors (Lipinski definition) is 1. The lowest BCUT2D eigenvalue weighted by Gasteiger charge is -1.93. The summed E-state index contributed by atoms with van der Waals surface area (Å²) in [6.07, 6.45) is 0. The molecule has 0 unspecified atom stereocenters. The number of anilines is 1. The Labute approximate surface area is 93.8 Å². The lowest BCUT2D eigenvalue weighted by molar-refractivity contribution is 0.0606. The minimum Gasteiger partial charge on any atom is -0.465 e. The Morgan fingerprint density at radius 1 is 1.60 bits per heavy atom. The molecule has 2 aromatic rings. The van der Waals surface area contributed by atoms with Crippen LogP contribution in [0.3, 0.4) is 0 Å². The molecule has 0 amide bonds. The van der Waals surface area contributed by atoms with Crippen molar-refractivity contribution in [2.45, 2.75) is 0 Å². The fraction of sp³-hybridized carbons (Fsp3) is 0.125. The summed E-state index contributed by atoms with van der Waals surface area (Å²) in [6.45, 7) is 0. The summed E-state index contributed by atoms with van der Waals surface area (Å²) in [7, 11) is 1.31. The Morgan fingerprint density at radius 2 is 2.33 bits per heavy atom. The van der Waals surface area contributed by atoms with Gasteiger partial charge in [-0.2, -0.15) is 0 Å². The van der Waals surface area contributed by atoms with E-state index in [1.54, 1.807) is 6.07 Å². The van der Waals surface area contributed by atoms with E-state index in [-0.39, 0.29) is 11.1 Å². The average Bonchev–Trinajstić information content (AvgIpc) is 2.60. The van der Waals surface area contributed by atoms with Crippen molar-refractivity contribution in [1.82, 2.24) is 9.97 Å². The monoisotopic (exact) mass is 243 g/mol. The highest BCUT2D eigenvalue weighted by Gasteiger charge is 2.14. The first-order chi connectivity index (χ1) is 7.11. The summed E-state index contributed by atoms with van der Waals surface area (Å²) in [5, 5.41) is 0.847. The molecular formula is C8H6ClN3O2S. The van der Waals surface area contributed by atoms with Crippen molar-refractivity contribution in [1.29, 1.82) is 0 Å². The molecule has 5 nitrogen and oxygen atoms in total. The molecule has 15 heavy (non-hydrogen) atoms. The molecule has 0 radical (unpaired) electrons. The van der Waals surface area contributed by atoms with Crippen LogP contribution in [0, 0.1) is 0 Å². The molecule has 0 aliphatic carbocycles. The van der Waals surface area contributed by atoms with Gasteiger partial charge in [0.2, 0.25) is 5.95 Å². The van der Waals surface area contributed by atoms with Crippen molar-refractivity contribution in [2.24, 2.45) is 0 Å². The van der Waals surface area contributed by atoms with Crippen LogP contribution in [0.1, 0.15) is 9.67 Å². The van der Waals surface area contributed by atoms with E-state index in [4.69, 9.17) is 17.3 Å². The predicted octanol–water partition coefficient (Wildman–Crippen LogP) is 1.71. The zero-order valence-corrected chi connectivity index (χ0v) is 9.22. The Morgan fingerprint density at radius 3 is 3.00 bits per heavy atom. The molecule has 0 aromatic carbocycles. The second-order valence-corrected chi connectivity index (χ2v) is 4.08. The molecule has 2 heterocycles. The molecule has 0 aliphatic heterocycles. The number of carbonyl (C=O) groups excluding carboxylic acids is 1. The van der Waals surface area contributed by atoms with Crippen LogP contribution in [0.2, 0.25) is 5.15 Å². The number of fused-ring (bicyclic) bond motifs is 1. The summed E-state index contributed by atoms with van der Waals surface area (Å²) >= 11 is 7.02. The van der Waals surface area contributed by atoms with Crippen molar-refractivity contribution in [3.8, 4) is 0 Å². The van der Waals surface area contributed by atoms with Crippen molar-refractivity contribution in [3.05, 3.63) is 16.1 Å². The molecule has 2 aromatic heterocycles. The zero-order chi connectivity index (χ0) is 11.0. The van der Waals surface area contributed by atoms with Gasteiger partial charge in [-0.05, 0) is 6.07 Å². The number of hydrogen-bond acceptors (Lipinski definition) is 6. The first-order valence-corrected chi connectivity index (χ1v) is 5.12. The highest BCUT2D eigenvalue weighted by atomic mass is 35.5. The molecule has 0 bridgehead atoms. The quantitative estimate of drug-likeness (QED) is 0.609. The lowest BCUT2D eigenvalue weighted by Crippen LogP contribution is -1.96. The third-order valence-corrected chi connectivity index (χ3v) is 3.05. The summed E-state index contributed by atoms with van der Waals surface area (Å²) in [4.78, 5) is 20.0. The minimum atomic E-state index is -0.423. The van der Waals surface area contributed by atoms with Gasteiger partial charge in [0.1, 0.15) is 14.9 Å². The fourth-order valence-corrected chi connectivity index (χ4v) is 2.35. The Kier molecular flexibility index (Phi) is 2.45. The van der Waals surface area contributed by atoms with E-state index in [1.807, 2.05) is 0 Å². The van der Waals surface area contributed by atoms with Gasteiger partial charge in [0.15, 0.2) is 0 Å². The van der Waals surface area contributed by atoms with E-state index in [2.05, 4.69) is 14.7 Å². The second kappa shape index (κ2) is 3.63. The van der Waals surface area contributed by atoms with Crippen LogP contribution in [0.5, 0.6) is 0 Å². The third kappa shape index (κ3) is 1.73. The number of nitrogens with two attached hydrogens (primary N) is 1. The van der Waals surface area contributed by atoms with Gasteiger partial charge >= 0.3 is 5.97 Å². The summed E-state index contributed by atoms with van der Waals surface area (Å²) in [6, 6.07) is 1.59. The number of nitrogens with zero attached hydrogens (tertiary/aromatic N) is 2. The first kappa shape index (κ1) is 10.1. The molecule has 0 aliphatic rings. The van der Waals surface area contributed by atoms with Crippen LogP contribution in [-0.4, -0.2) is 23.0 Å². The lowest BCUT2D eigenvalue weighted by atomic mass is 10.4. The number of esters is 1. The van der Waals surface area contributed by atoms with Crippen molar-refractivity contribution in [2.75, 3.05) is 12.8 Å². The van der Waals surface area contributed by atoms with E-state index in [0.717, 1.165) is 0 Å².